The van der Waals surface area contributed by atoms with E-state index < -0.39 is 0 Å². The third kappa shape index (κ3) is 3.94. The Morgan fingerprint density at radius 3 is 2.75 bits per heavy atom. The van der Waals surface area contributed by atoms with Gasteiger partial charge in [-0.1, -0.05) is 34.1 Å². The molecule has 0 aliphatic carbocycles. The van der Waals surface area contributed by atoms with Gasteiger partial charge in [-0.05, 0) is 25.6 Å². The van der Waals surface area contributed by atoms with Crippen molar-refractivity contribution in [1.29, 1.82) is 0 Å². The molecule has 0 spiro atoms. The average Bonchev–Trinajstić information content (AvgIpc) is 2.26. The van der Waals surface area contributed by atoms with Gasteiger partial charge in [0.05, 0.1) is 6.04 Å². The maximum Gasteiger partial charge on any atom is 0.221 e. The average molecular weight is 285 g/mol. The summed E-state index contributed by atoms with van der Waals surface area (Å²) >= 11 is 3.48. The molecule has 0 aliphatic rings. The minimum atomic E-state index is 0.0277. The molecule has 16 heavy (non-hydrogen) atoms. The van der Waals surface area contributed by atoms with E-state index in [1.165, 1.54) is 0 Å². The van der Waals surface area contributed by atoms with Crippen molar-refractivity contribution >= 4 is 21.8 Å². The molecule has 0 aromatic heterocycles. The number of benzene rings is 1. The lowest BCUT2D eigenvalue weighted by Crippen LogP contribution is -2.29. The van der Waals surface area contributed by atoms with Crippen LogP contribution in [0.15, 0.2) is 28.7 Å². The number of nitrogens with one attached hydrogen (secondary N) is 2. The number of hydrogen-bond donors (Lipinski definition) is 2. The Morgan fingerprint density at radius 2 is 2.12 bits per heavy atom. The second-order valence-corrected chi connectivity index (χ2v) is 4.52. The van der Waals surface area contributed by atoms with Crippen molar-refractivity contribution in [2.24, 2.45) is 0 Å². The molecular formula is C12H17BrN2O. The van der Waals surface area contributed by atoms with Gasteiger partial charge in [-0.25, -0.2) is 0 Å². The summed E-state index contributed by atoms with van der Waals surface area (Å²) in [7, 11) is 1.84. The first-order valence-electron chi connectivity index (χ1n) is 5.33. The van der Waals surface area contributed by atoms with Gasteiger partial charge in [-0.3, -0.25) is 4.79 Å². The van der Waals surface area contributed by atoms with E-state index in [1.807, 2.05) is 38.2 Å². The Labute approximate surface area is 105 Å². The van der Waals surface area contributed by atoms with Gasteiger partial charge in [0.15, 0.2) is 0 Å². The van der Waals surface area contributed by atoms with E-state index in [0.717, 1.165) is 10.0 Å². The summed E-state index contributed by atoms with van der Waals surface area (Å²) < 4.78 is 1.02. The van der Waals surface area contributed by atoms with Gasteiger partial charge < -0.3 is 10.6 Å². The molecule has 0 bridgehead atoms. The van der Waals surface area contributed by atoms with Crippen LogP contribution >= 0.6 is 15.9 Å². The van der Waals surface area contributed by atoms with Gasteiger partial charge >= 0.3 is 0 Å². The topological polar surface area (TPSA) is 41.1 Å². The first kappa shape index (κ1) is 13.2. The van der Waals surface area contributed by atoms with Crippen LogP contribution in [0.25, 0.3) is 0 Å². The van der Waals surface area contributed by atoms with Crippen LogP contribution in [0.2, 0.25) is 0 Å². The van der Waals surface area contributed by atoms with Crippen LogP contribution in [0, 0.1) is 0 Å². The Hall–Kier alpha value is -0.870. The predicted molar refractivity (Wildman–Crippen MR) is 69.2 cm³/mol. The fourth-order valence-corrected chi connectivity index (χ4v) is 2.08. The highest BCUT2D eigenvalue weighted by molar-refractivity contribution is 9.10. The number of amides is 1. The highest BCUT2D eigenvalue weighted by Crippen LogP contribution is 2.22. The normalized spacial score (nSPS) is 12.2. The van der Waals surface area contributed by atoms with Crippen molar-refractivity contribution in [2.75, 3.05) is 13.6 Å². The van der Waals surface area contributed by atoms with Crippen molar-refractivity contribution in [2.45, 2.75) is 19.4 Å². The van der Waals surface area contributed by atoms with Crippen LogP contribution in [0.3, 0.4) is 0 Å². The standard InChI is InChI=1S/C12H17BrN2O/c1-9(15-12(16)7-8-14-2)10-5-3-4-6-11(10)13/h3-6,9,14H,7-8H2,1-2H3,(H,15,16)/t9-/m0/s1. The monoisotopic (exact) mass is 284 g/mol. The van der Waals surface area contributed by atoms with E-state index in [0.29, 0.717) is 13.0 Å². The summed E-state index contributed by atoms with van der Waals surface area (Å²) in [6.45, 7) is 2.69. The molecule has 3 nitrogen and oxygen atoms in total. The summed E-state index contributed by atoms with van der Waals surface area (Å²) in [5.74, 6) is 0.0672. The number of carbonyl (C=O) groups excluding carboxylic acids is 1. The molecule has 0 saturated heterocycles. The smallest absolute Gasteiger partial charge is 0.221 e. The Kier molecular flexibility index (Phi) is 5.49. The van der Waals surface area contributed by atoms with Crippen molar-refractivity contribution in [3.05, 3.63) is 34.3 Å². The summed E-state index contributed by atoms with van der Waals surface area (Å²) in [5.41, 5.74) is 1.10. The highest BCUT2D eigenvalue weighted by Gasteiger charge is 2.11. The van der Waals surface area contributed by atoms with Crippen molar-refractivity contribution in [1.82, 2.24) is 10.6 Å². The third-order valence-corrected chi connectivity index (χ3v) is 3.07. The van der Waals surface area contributed by atoms with E-state index in [4.69, 9.17) is 0 Å². The van der Waals surface area contributed by atoms with E-state index in [2.05, 4.69) is 26.6 Å². The second-order valence-electron chi connectivity index (χ2n) is 3.66. The molecule has 1 rings (SSSR count). The molecular weight excluding hydrogens is 268 g/mol. The quantitative estimate of drug-likeness (QED) is 0.871. The first-order valence-corrected chi connectivity index (χ1v) is 6.13. The SMILES string of the molecule is CNCCC(=O)N[C@@H](C)c1ccccc1Br. The van der Waals surface area contributed by atoms with Crippen LogP contribution in [0.4, 0.5) is 0 Å². The lowest BCUT2D eigenvalue weighted by atomic mass is 10.1. The van der Waals surface area contributed by atoms with Crippen molar-refractivity contribution < 1.29 is 4.79 Å². The van der Waals surface area contributed by atoms with E-state index in [1.54, 1.807) is 0 Å². The molecule has 0 heterocycles. The molecule has 0 radical (unpaired) electrons. The molecule has 1 aromatic carbocycles. The molecule has 0 aliphatic heterocycles. The number of halogens is 1. The van der Waals surface area contributed by atoms with Gasteiger partial charge in [0.1, 0.15) is 0 Å². The Bertz CT molecular complexity index is 355. The molecule has 0 saturated carbocycles. The van der Waals surface area contributed by atoms with Crippen LogP contribution in [0.5, 0.6) is 0 Å². The van der Waals surface area contributed by atoms with Crippen molar-refractivity contribution in [3.63, 3.8) is 0 Å². The number of rotatable bonds is 5. The number of hydrogen-bond acceptors (Lipinski definition) is 2. The predicted octanol–water partition coefficient (Wildman–Crippen LogP) is 2.24. The summed E-state index contributed by atoms with van der Waals surface area (Å²) in [6, 6.07) is 7.94. The van der Waals surface area contributed by atoms with Crippen LogP contribution in [-0.2, 0) is 4.79 Å². The van der Waals surface area contributed by atoms with Gasteiger partial charge in [-0.2, -0.15) is 0 Å². The summed E-state index contributed by atoms with van der Waals surface area (Å²) in [5, 5.41) is 5.92. The molecule has 1 aromatic rings. The molecule has 4 heteroatoms. The molecule has 0 unspecified atom stereocenters. The van der Waals surface area contributed by atoms with Crippen LogP contribution < -0.4 is 10.6 Å². The fraction of sp³-hybridized carbons (Fsp3) is 0.417. The minimum absolute atomic E-state index is 0.0277. The molecule has 2 N–H and O–H groups in total. The second kappa shape index (κ2) is 6.66. The molecule has 0 fully saturated rings. The van der Waals surface area contributed by atoms with Gasteiger partial charge in [-0.15, -0.1) is 0 Å². The third-order valence-electron chi connectivity index (χ3n) is 2.35. The lowest BCUT2D eigenvalue weighted by Gasteiger charge is -2.15. The minimum Gasteiger partial charge on any atom is -0.350 e. The summed E-state index contributed by atoms with van der Waals surface area (Å²) in [4.78, 5) is 11.5. The van der Waals surface area contributed by atoms with Crippen molar-refractivity contribution in [3.8, 4) is 0 Å². The van der Waals surface area contributed by atoms with Gasteiger partial charge in [0, 0.05) is 17.4 Å². The molecule has 1 amide bonds. The lowest BCUT2D eigenvalue weighted by molar-refractivity contribution is -0.121. The van der Waals surface area contributed by atoms with Gasteiger partial charge in [0.2, 0.25) is 5.91 Å². The molecule has 1 atom stereocenters. The van der Waals surface area contributed by atoms with Crippen LogP contribution in [-0.4, -0.2) is 19.5 Å². The first-order chi connectivity index (χ1) is 7.65. The zero-order valence-corrected chi connectivity index (χ0v) is 11.2. The maximum absolute atomic E-state index is 11.5. The zero-order chi connectivity index (χ0) is 12.0. The maximum atomic E-state index is 11.5. The van der Waals surface area contributed by atoms with E-state index in [9.17, 15) is 4.79 Å². The summed E-state index contributed by atoms with van der Waals surface area (Å²) in [6.07, 6.45) is 0.505. The van der Waals surface area contributed by atoms with Gasteiger partial charge in [0.25, 0.3) is 0 Å². The largest absolute Gasteiger partial charge is 0.350 e. The molecule has 88 valence electrons. The number of carbonyl (C=O) groups is 1. The Balaban J connectivity index is 2.55. The zero-order valence-electron chi connectivity index (χ0n) is 9.59. The van der Waals surface area contributed by atoms with Crippen LogP contribution in [0.1, 0.15) is 24.9 Å². The highest BCUT2D eigenvalue weighted by atomic mass is 79.9. The Morgan fingerprint density at radius 1 is 1.44 bits per heavy atom. The van der Waals surface area contributed by atoms with E-state index in [-0.39, 0.29) is 11.9 Å². The fourth-order valence-electron chi connectivity index (χ4n) is 1.46. The van der Waals surface area contributed by atoms with E-state index >= 15 is 0 Å².